The molecular formula is C6H7N5S. The molecule has 0 saturated heterocycles. The van der Waals surface area contributed by atoms with E-state index in [0.29, 0.717) is 0 Å². The number of thiocarbonyl (C=S) groups is 1. The molecule has 0 saturated carbocycles. The van der Waals surface area contributed by atoms with Gasteiger partial charge in [-0.05, 0) is 12.2 Å². The van der Waals surface area contributed by atoms with Gasteiger partial charge < -0.3 is 5.73 Å². The molecule has 1 aromatic heterocycles. The predicted octanol–water partition coefficient (Wildman–Crippen LogP) is -0.356. The number of hydrazone groups is 1. The predicted molar refractivity (Wildman–Crippen MR) is 49.5 cm³/mol. The van der Waals surface area contributed by atoms with Crippen LogP contribution in [-0.4, -0.2) is 21.3 Å². The average molecular weight is 181 g/mol. The maximum Gasteiger partial charge on any atom is 0.184 e. The van der Waals surface area contributed by atoms with Gasteiger partial charge in [0.1, 0.15) is 6.33 Å². The van der Waals surface area contributed by atoms with Crippen LogP contribution >= 0.6 is 12.2 Å². The number of rotatable bonds is 2. The first-order valence-electron chi connectivity index (χ1n) is 3.12. The topological polar surface area (TPSA) is 76.2 Å². The van der Waals surface area contributed by atoms with Gasteiger partial charge in [0.15, 0.2) is 5.11 Å². The summed E-state index contributed by atoms with van der Waals surface area (Å²) in [5, 5.41) is 3.85. The monoisotopic (exact) mass is 181 g/mol. The zero-order valence-corrected chi connectivity index (χ0v) is 6.95. The van der Waals surface area contributed by atoms with Crippen LogP contribution in [0, 0.1) is 0 Å². The Balaban J connectivity index is 2.52. The second-order valence-electron chi connectivity index (χ2n) is 1.91. The Morgan fingerprint density at radius 2 is 2.25 bits per heavy atom. The summed E-state index contributed by atoms with van der Waals surface area (Å²) in [6, 6.07) is 0. The Morgan fingerprint density at radius 1 is 1.58 bits per heavy atom. The normalized spacial score (nSPS) is 10.0. The number of hydrogen-bond donors (Lipinski definition) is 2. The van der Waals surface area contributed by atoms with Gasteiger partial charge in [0, 0.05) is 18.0 Å². The van der Waals surface area contributed by atoms with Crippen LogP contribution in [0.5, 0.6) is 0 Å². The highest BCUT2D eigenvalue weighted by atomic mass is 32.1. The van der Waals surface area contributed by atoms with Crippen molar-refractivity contribution in [2.75, 3.05) is 0 Å². The van der Waals surface area contributed by atoms with Gasteiger partial charge in [-0.2, -0.15) is 5.10 Å². The van der Waals surface area contributed by atoms with E-state index in [0.717, 1.165) is 5.56 Å². The minimum Gasteiger partial charge on any atom is -0.375 e. The van der Waals surface area contributed by atoms with E-state index in [1.54, 1.807) is 12.4 Å². The molecule has 1 heterocycles. The zero-order valence-electron chi connectivity index (χ0n) is 6.14. The maximum absolute atomic E-state index is 5.13. The van der Waals surface area contributed by atoms with Crippen molar-refractivity contribution in [3.8, 4) is 0 Å². The third kappa shape index (κ3) is 3.02. The molecule has 0 amide bonds. The lowest BCUT2D eigenvalue weighted by molar-refractivity contribution is 1.04. The first-order valence-corrected chi connectivity index (χ1v) is 3.53. The van der Waals surface area contributed by atoms with Crippen LogP contribution in [-0.2, 0) is 0 Å². The highest BCUT2D eigenvalue weighted by Gasteiger charge is 1.84. The lowest BCUT2D eigenvalue weighted by atomic mass is 10.4. The molecule has 0 atom stereocenters. The zero-order chi connectivity index (χ0) is 8.81. The van der Waals surface area contributed by atoms with E-state index in [4.69, 9.17) is 5.73 Å². The Labute approximate surface area is 74.7 Å². The van der Waals surface area contributed by atoms with Crippen molar-refractivity contribution in [3.05, 3.63) is 24.3 Å². The molecule has 0 aliphatic heterocycles. The van der Waals surface area contributed by atoms with Crippen LogP contribution < -0.4 is 11.2 Å². The van der Waals surface area contributed by atoms with Gasteiger partial charge in [-0.1, -0.05) is 0 Å². The van der Waals surface area contributed by atoms with E-state index >= 15 is 0 Å². The van der Waals surface area contributed by atoms with Crippen molar-refractivity contribution in [1.29, 1.82) is 0 Å². The summed E-state index contributed by atoms with van der Waals surface area (Å²) in [5.41, 5.74) is 8.33. The van der Waals surface area contributed by atoms with Crippen LogP contribution in [0.15, 0.2) is 23.8 Å². The summed E-state index contributed by atoms with van der Waals surface area (Å²) in [5.74, 6) is 0. The van der Waals surface area contributed by atoms with Gasteiger partial charge in [0.05, 0.1) is 6.21 Å². The minimum atomic E-state index is 0.128. The molecule has 0 bridgehead atoms. The molecule has 5 nitrogen and oxygen atoms in total. The molecule has 12 heavy (non-hydrogen) atoms. The van der Waals surface area contributed by atoms with E-state index in [9.17, 15) is 0 Å². The third-order valence-electron chi connectivity index (χ3n) is 0.969. The molecule has 0 aliphatic carbocycles. The maximum atomic E-state index is 5.13. The van der Waals surface area contributed by atoms with Crippen LogP contribution in [0.25, 0.3) is 0 Å². The van der Waals surface area contributed by atoms with Crippen molar-refractivity contribution in [3.63, 3.8) is 0 Å². The fourth-order valence-corrected chi connectivity index (χ4v) is 0.600. The molecule has 1 rings (SSSR count). The number of nitrogens with one attached hydrogen (secondary N) is 1. The summed E-state index contributed by atoms with van der Waals surface area (Å²) in [6.07, 6.45) is 6.22. The van der Waals surface area contributed by atoms with Gasteiger partial charge in [0.25, 0.3) is 0 Å². The van der Waals surface area contributed by atoms with E-state index < -0.39 is 0 Å². The number of nitrogens with two attached hydrogens (primary N) is 1. The van der Waals surface area contributed by atoms with E-state index in [2.05, 4.69) is 32.7 Å². The summed E-state index contributed by atoms with van der Waals surface area (Å²) in [7, 11) is 0. The van der Waals surface area contributed by atoms with Crippen molar-refractivity contribution < 1.29 is 0 Å². The SMILES string of the molecule is NC(=S)N/N=C/c1cncnc1. The van der Waals surface area contributed by atoms with E-state index in [1.807, 2.05) is 0 Å². The standard InChI is InChI=1S/C6H7N5S/c7-6(12)11-10-3-5-1-8-4-9-2-5/h1-4H,(H3,7,11,12)/b10-3+. The highest BCUT2D eigenvalue weighted by molar-refractivity contribution is 7.80. The van der Waals surface area contributed by atoms with Crippen LogP contribution in [0.1, 0.15) is 5.56 Å². The molecule has 3 N–H and O–H groups in total. The lowest BCUT2D eigenvalue weighted by Crippen LogP contribution is -2.23. The fourth-order valence-electron chi connectivity index (χ4n) is 0.548. The third-order valence-corrected chi connectivity index (χ3v) is 1.06. The molecular weight excluding hydrogens is 174 g/mol. The number of nitrogens with zero attached hydrogens (tertiary/aromatic N) is 3. The smallest absolute Gasteiger partial charge is 0.184 e. The van der Waals surface area contributed by atoms with Gasteiger partial charge in [0.2, 0.25) is 0 Å². The van der Waals surface area contributed by atoms with Crippen molar-refractivity contribution >= 4 is 23.5 Å². The molecule has 0 fully saturated rings. The Morgan fingerprint density at radius 3 is 2.83 bits per heavy atom. The van der Waals surface area contributed by atoms with E-state index in [1.165, 1.54) is 12.5 Å². The second-order valence-corrected chi connectivity index (χ2v) is 2.35. The van der Waals surface area contributed by atoms with Gasteiger partial charge >= 0.3 is 0 Å². The lowest BCUT2D eigenvalue weighted by Gasteiger charge is -1.92. The van der Waals surface area contributed by atoms with Crippen molar-refractivity contribution in [2.45, 2.75) is 0 Å². The quantitative estimate of drug-likeness (QED) is 0.370. The highest BCUT2D eigenvalue weighted by Crippen LogP contribution is 1.85. The molecule has 62 valence electrons. The van der Waals surface area contributed by atoms with Crippen LogP contribution in [0.2, 0.25) is 0 Å². The van der Waals surface area contributed by atoms with Crippen LogP contribution in [0.4, 0.5) is 0 Å². The first-order chi connectivity index (χ1) is 5.79. The van der Waals surface area contributed by atoms with Gasteiger partial charge in [-0.25, -0.2) is 9.97 Å². The summed E-state index contributed by atoms with van der Waals surface area (Å²) >= 11 is 4.53. The van der Waals surface area contributed by atoms with Crippen LogP contribution in [0.3, 0.4) is 0 Å². The minimum absolute atomic E-state index is 0.128. The summed E-state index contributed by atoms with van der Waals surface area (Å²) < 4.78 is 0. The number of hydrogen-bond acceptors (Lipinski definition) is 4. The van der Waals surface area contributed by atoms with Crippen molar-refractivity contribution in [1.82, 2.24) is 15.4 Å². The van der Waals surface area contributed by atoms with Gasteiger partial charge in [-0.15, -0.1) is 0 Å². The first kappa shape index (κ1) is 8.54. The second kappa shape index (κ2) is 4.35. The molecule has 0 spiro atoms. The summed E-state index contributed by atoms with van der Waals surface area (Å²) in [6.45, 7) is 0. The molecule has 1 aromatic rings. The number of aromatic nitrogens is 2. The van der Waals surface area contributed by atoms with E-state index in [-0.39, 0.29) is 5.11 Å². The average Bonchev–Trinajstić information content (AvgIpc) is 2.05. The Bertz CT molecular complexity index is 283. The van der Waals surface area contributed by atoms with Gasteiger partial charge in [-0.3, -0.25) is 5.43 Å². The molecule has 0 aliphatic rings. The Kier molecular flexibility index (Phi) is 3.09. The molecule has 0 unspecified atom stereocenters. The fraction of sp³-hybridized carbons (Fsp3) is 0. The largest absolute Gasteiger partial charge is 0.375 e. The molecule has 0 aromatic carbocycles. The summed E-state index contributed by atoms with van der Waals surface area (Å²) in [4.78, 5) is 7.58. The molecule has 0 radical (unpaired) electrons. The molecule has 6 heteroatoms. The van der Waals surface area contributed by atoms with Crippen molar-refractivity contribution in [2.24, 2.45) is 10.8 Å². The Hall–Kier alpha value is -1.56.